The van der Waals surface area contributed by atoms with Crippen LogP contribution >= 0.6 is 11.9 Å². The second kappa shape index (κ2) is 4.25. The van der Waals surface area contributed by atoms with Crippen molar-refractivity contribution in [3.63, 3.8) is 0 Å². The largest absolute Gasteiger partial charge is 0.505 e. The average molecular weight is 238 g/mol. The van der Waals surface area contributed by atoms with Crippen LogP contribution in [0.25, 0.3) is 0 Å². The van der Waals surface area contributed by atoms with Gasteiger partial charge in [0.1, 0.15) is 5.76 Å². The van der Waals surface area contributed by atoms with Crippen molar-refractivity contribution in [2.45, 2.75) is 19.3 Å². The summed E-state index contributed by atoms with van der Waals surface area (Å²) in [6.07, 6.45) is 6.11. The summed E-state index contributed by atoms with van der Waals surface area (Å²) in [7, 11) is 1.82. The summed E-state index contributed by atoms with van der Waals surface area (Å²) < 4.78 is 1.80. The van der Waals surface area contributed by atoms with Crippen molar-refractivity contribution in [3.8, 4) is 0 Å². The minimum Gasteiger partial charge on any atom is -0.505 e. The van der Waals surface area contributed by atoms with Crippen LogP contribution < -0.4 is 5.73 Å². The van der Waals surface area contributed by atoms with Crippen LogP contribution in [0, 0.1) is 0 Å². The number of amides is 1. The molecule has 0 radical (unpaired) electrons. The highest BCUT2D eigenvalue weighted by Gasteiger charge is 2.27. The Morgan fingerprint density at radius 3 is 2.94 bits per heavy atom. The molecular formula is C11H14N2O2S. The van der Waals surface area contributed by atoms with Gasteiger partial charge in [0.15, 0.2) is 0 Å². The Morgan fingerprint density at radius 1 is 1.56 bits per heavy atom. The highest BCUT2D eigenvalue weighted by atomic mass is 32.2. The topological polar surface area (TPSA) is 66.6 Å². The van der Waals surface area contributed by atoms with Gasteiger partial charge in [0.05, 0.1) is 12.1 Å². The highest BCUT2D eigenvalue weighted by Crippen LogP contribution is 2.42. The molecule has 2 aliphatic rings. The third-order valence-electron chi connectivity index (χ3n) is 2.60. The Labute approximate surface area is 98.6 Å². The molecule has 0 bridgehead atoms. The van der Waals surface area contributed by atoms with Gasteiger partial charge in [-0.05, 0) is 24.8 Å². The molecule has 0 saturated carbocycles. The summed E-state index contributed by atoms with van der Waals surface area (Å²) >= 11 is 1.52. The summed E-state index contributed by atoms with van der Waals surface area (Å²) in [5, 5.41) is 10.1. The van der Waals surface area contributed by atoms with Crippen LogP contribution in [0.15, 0.2) is 34.1 Å². The van der Waals surface area contributed by atoms with Crippen molar-refractivity contribution in [2.75, 3.05) is 7.05 Å². The lowest BCUT2D eigenvalue weighted by Gasteiger charge is -2.30. The summed E-state index contributed by atoms with van der Waals surface area (Å²) in [4.78, 5) is 12.0. The molecule has 0 atom stereocenters. The van der Waals surface area contributed by atoms with Gasteiger partial charge < -0.3 is 15.1 Å². The zero-order valence-corrected chi connectivity index (χ0v) is 9.88. The van der Waals surface area contributed by atoms with Gasteiger partial charge in [-0.15, -0.1) is 0 Å². The zero-order valence-electron chi connectivity index (χ0n) is 9.06. The maximum atomic E-state index is 10.9. The summed E-state index contributed by atoms with van der Waals surface area (Å²) in [6, 6.07) is 0. The van der Waals surface area contributed by atoms with Crippen LogP contribution in [0.3, 0.4) is 0 Å². The van der Waals surface area contributed by atoms with E-state index in [1.54, 1.807) is 4.31 Å². The fraction of sp³-hybridized carbons (Fsp3) is 0.364. The molecular weight excluding hydrogens is 224 g/mol. The van der Waals surface area contributed by atoms with E-state index in [1.807, 2.05) is 13.1 Å². The van der Waals surface area contributed by atoms with Crippen molar-refractivity contribution in [2.24, 2.45) is 5.73 Å². The number of aliphatic hydroxyl groups excluding tert-OH is 1. The van der Waals surface area contributed by atoms with Gasteiger partial charge in [0.2, 0.25) is 5.91 Å². The van der Waals surface area contributed by atoms with Crippen molar-refractivity contribution in [1.82, 2.24) is 4.31 Å². The predicted molar refractivity (Wildman–Crippen MR) is 64.2 cm³/mol. The summed E-state index contributed by atoms with van der Waals surface area (Å²) in [5.74, 6) is -0.246. The van der Waals surface area contributed by atoms with Gasteiger partial charge in [-0.3, -0.25) is 4.79 Å². The number of hydrogen-bond donors (Lipinski definition) is 2. The fourth-order valence-electron chi connectivity index (χ4n) is 1.82. The number of nitrogens with two attached hydrogens (primary N) is 1. The highest BCUT2D eigenvalue weighted by molar-refractivity contribution is 8.01. The number of aliphatic hydroxyl groups is 1. The molecule has 2 rings (SSSR count). The van der Waals surface area contributed by atoms with Crippen LogP contribution in [0.5, 0.6) is 0 Å². The quantitative estimate of drug-likeness (QED) is 0.720. The maximum Gasteiger partial charge on any atom is 0.223 e. The van der Waals surface area contributed by atoms with E-state index in [9.17, 15) is 9.90 Å². The van der Waals surface area contributed by atoms with E-state index in [-0.39, 0.29) is 12.2 Å². The maximum absolute atomic E-state index is 10.9. The van der Waals surface area contributed by atoms with Gasteiger partial charge in [0.25, 0.3) is 0 Å². The lowest BCUT2D eigenvalue weighted by Crippen LogP contribution is -2.24. The lowest BCUT2D eigenvalue weighted by atomic mass is 10.0. The SMILES string of the molecule is CN1SC2=CCCC=C2C(O)=C1CC(N)=O. The Morgan fingerprint density at radius 2 is 2.25 bits per heavy atom. The minimum atomic E-state index is -0.433. The molecule has 3 N–H and O–H groups in total. The lowest BCUT2D eigenvalue weighted by molar-refractivity contribution is -0.117. The van der Waals surface area contributed by atoms with Gasteiger partial charge in [-0.1, -0.05) is 12.2 Å². The second-order valence-corrected chi connectivity index (χ2v) is 4.96. The van der Waals surface area contributed by atoms with E-state index >= 15 is 0 Å². The summed E-state index contributed by atoms with van der Waals surface area (Å²) in [6.45, 7) is 0. The Hall–Kier alpha value is -1.36. The van der Waals surface area contributed by atoms with E-state index in [1.165, 1.54) is 11.9 Å². The van der Waals surface area contributed by atoms with Gasteiger partial charge in [0, 0.05) is 17.5 Å². The van der Waals surface area contributed by atoms with Crippen LogP contribution in [0.2, 0.25) is 0 Å². The number of carbonyl (C=O) groups is 1. The number of nitrogens with zero attached hydrogens (tertiary/aromatic N) is 1. The molecule has 86 valence electrons. The van der Waals surface area contributed by atoms with E-state index < -0.39 is 5.91 Å². The van der Waals surface area contributed by atoms with E-state index in [2.05, 4.69) is 6.08 Å². The Bertz CT molecular complexity index is 424. The number of fused-ring (bicyclic) bond motifs is 1. The Kier molecular flexibility index (Phi) is 2.96. The molecule has 1 aliphatic carbocycles. The molecule has 0 saturated heterocycles. The molecule has 0 aromatic heterocycles. The molecule has 4 nitrogen and oxygen atoms in total. The number of rotatable bonds is 2. The van der Waals surface area contributed by atoms with Crippen LogP contribution in [0.4, 0.5) is 0 Å². The molecule has 0 aromatic carbocycles. The van der Waals surface area contributed by atoms with E-state index in [0.717, 1.165) is 23.3 Å². The molecule has 0 aromatic rings. The number of carbonyl (C=O) groups excluding carboxylic acids is 1. The molecule has 1 amide bonds. The average Bonchev–Trinajstić information content (AvgIpc) is 2.24. The predicted octanol–water partition coefficient (Wildman–Crippen LogP) is 1.83. The van der Waals surface area contributed by atoms with Crippen LogP contribution in [0.1, 0.15) is 19.3 Å². The number of hydrogen-bond acceptors (Lipinski definition) is 4. The van der Waals surface area contributed by atoms with E-state index in [0.29, 0.717) is 5.70 Å². The zero-order chi connectivity index (χ0) is 11.7. The van der Waals surface area contributed by atoms with Gasteiger partial charge in [-0.25, -0.2) is 0 Å². The number of primary amides is 1. The van der Waals surface area contributed by atoms with Crippen molar-refractivity contribution in [1.29, 1.82) is 0 Å². The van der Waals surface area contributed by atoms with Crippen molar-refractivity contribution < 1.29 is 9.90 Å². The third-order valence-corrected chi connectivity index (χ3v) is 3.67. The first-order chi connectivity index (χ1) is 7.59. The molecule has 0 unspecified atom stereocenters. The smallest absolute Gasteiger partial charge is 0.223 e. The molecule has 1 aliphatic heterocycles. The van der Waals surface area contributed by atoms with Crippen molar-refractivity contribution in [3.05, 3.63) is 34.1 Å². The minimum absolute atomic E-state index is 0.0694. The normalized spacial score (nSPS) is 20.2. The van der Waals surface area contributed by atoms with Gasteiger partial charge >= 0.3 is 0 Å². The molecule has 16 heavy (non-hydrogen) atoms. The van der Waals surface area contributed by atoms with Crippen molar-refractivity contribution >= 4 is 17.9 Å². The molecule has 0 fully saturated rings. The van der Waals surface area contributed by atoms with Gasteiger partial charge in [-0.2, -0.15) is 0 Å². The molecule has 0 spiro atoms. The molecule has 1 heterocycles. The standard InChI is InChI=1S/C11H14N2O2S/c1-13-8(6-10(12)14)11(15)7-4-2-3-5-9(7)16-13/h4-5,15H,2-3,6H2,1H3,(H2,12,14). The molecule has 5 heteroatoms. The fourth-order valence-corrected chi connectivity index (χ4v) is 2.85. The van der Waals surface area contributed by atoms with Crippen LogP contribution in [-0.4, -0.2) is 22.4 Å². The first-order valence-electron chi connectivity index (χ1n) is 5.12. The van der Waals surface area contributed by atoms with Crippen LogP contribution in [-0.2, 0) is 4.79 Å². The number of allylic oxidation sites excluding steroid dienone is 3. The first kappa shape index (κ1) is 11.1. The van der Waals surface area contributed by atoms with E-state index in [4.69, 9.17) is 5.73 Å². The third kappa shape index (κ3) is 1.95. The Balaban J connectivity index is 2.38. The summed E-state index contributed by atoms with van der Waals surface area (Å²) in [5.41, 5.74) is 6.59. The monoisotopic (exact) mass is 238 g/mol. The first-order valence-corrected chi connectivity index (χ1v) is 5.90. The second-order valence-electron chi connectivity index (χ2n) is 3.79.